The molecule has 0 aromatic heterocycles. The van der Waals surface area contributed by atoms with Crippen molar-refractivity contribution >= 4 is 21.8 Å². The molecule has 2 rings (SSSR count). The summed E-state index contributed by atoms with van der Waals surface area (Å²) in [4.78, 5) is 14.0. The van der Waals surface area contributed by atoms with Gasteiger partial charge in [-0.25, -0.2) is 4.39 Å². The first-order valence-electron chi connectivity index (χ1n) is 6.56. The van der Waals surface area contributed by atoms with E-state index in [0.29, 0.717) is 16.8 Å². The quantitative estimate of drug-likeness (QED) is 0.860. The number of amides is 1. The predicted octanol–water partition coefficient (Wildman–Crippen LogP) is 2.34. The van der Waals surface area contributed by atoms with Gasteiger partial charge in [-0.3, -0.25) is 4.79 Å². The van der Waals surface area contributed by atoms with Crippen LogP contribution in [0.5, 0.6) is 5.75 Å². The second kappa shape index (κ2) is 6.54. The lowest BCUT2D eigenvalue weighted by atomic mass is 10.3. The highest BCUT2D eigenvalue weighted by molar-refractivity contribution is 9.10. The van der Waals surface area contributed by atoms with Gasteiger partial charge in [0.25, 0.3) is 5.91 Å². The fourth-order valence-electron chi connectivity index (χ4n) is 2.01. The third-order valence-corrected chi connectivity index (χ3v) is 3.78. The first kappa shape index (κ1) is 15.3. The molecule has 110 valence electrons. The van der Waals surface area contributed by atoms with E-state index >= 15 is 0 Å². The highest BCUT2D eigenvalue weighted by Gasteiger charge is 2.34. The van der Waals surface area contributed by atoms with Crippen molar-refractivity contribution in [1.82, 2.24) is 4.90 Å². The first-order valence-corrected chi connectivity index (χ1v) is 7.35. The molecule has 4 nitrogen and oxygen atoms in total. The standard InChI is InChI=1S/C14H17BrFNO3/c1-9(14(19)17(6-7-18)11-3-4-11)20-13-5-2-10(16)8-12(13)15/h2,5,8-9,11,18H,3-4,6-7H2,1H3. The van der Waals surface area contributed by atoms with Crippen molar-refractivity contribution in [3.05, 3.63) is 28.5 Å². The average molecular weight is 346 g/mol. The number of carbonyl (C=O) groups is 1. The summed E-state index contributed by atoms with van der Waals surface area (Å²) >= 11 is 3.20. The Balaban J connectivity index is 2.02. The maximum absolute atomic E-state index is 13.0. The number of hydrogen-bond acceptors (Lipinski definition) is 3. The summed E-state index contributed by atoms with van der Waals surface area (Å²) in [5.41, 5.74) is 0. The van der Waals surface area contributed by atoms with Gasteiger partial charge in [0.1, 0.15) is 11.6 Å². The van der Waals surface area contributed by atoms with Crippen LogP contribution in [0, 0.1) is 5.82 Å². The van der Waals surface area contributed by atoms with E-state index in [4.69, 9.17) is 9.84 Å². The van der Waals surface area contributed by atoms with Crippen molar-refractivity contribution in [1.29, 1.82) is 0 Å². The second-order valence-electron chi connectivity index (χ2n) is 4.82. The average Bonchev–Trinajstić information content (AvgIpc) is 3.22. The van der Waals surface area contributed by atoms with Gasteiger partial charge in [0.2, 0.25) is 0 Å². The summed E-state index contributed by atoms with van der Waals surface area (Å²) in [5, 5.41) is 9.02. The molecule has 0 bridgehead atoms. The van der Waals surface area contributed by atoms with E-state index in [0.717, 1.165) is 12.8 Å². The van der Waals surface area contributed by atoms with Crippen LogP contribution in [0.2, 0.25) is 0 Å². The zero-order valence-corrected chi connectivity index (χ0v) is 12.8. The molecule has 20 heavy (non-hydrogen) atoms. The number of rotatable bonds is 6. The highest BCUT2D eigenvalue weighted by atomic mass is 79.9. The molecule has 1 atom stereocenters. The molecule has 1 unspecified atom stereocenters. The third kappa shape index (κ3) is 3.70. The lowest BCUT2D eigenvalue weighted by Gasteiger charge is -2.25. The van der Waals surface area contributed by atoms with E-state index in [-0.39, 0.29) is 24.4 Å². The number of benzene rings is 1. The van der Waals surface area contributed by atoms with Crippen molar-refractivity contribution in [2.75, 3.05) is 13.2 Å². The van der Waals surface area contributed by atoms with Crippen LogP contribution in [0.4, 0.5) is 4.39 Å². The Kier molecular flexibility index (Phi) is 4.99. The maximum atomic E-state index is 13.0. The van der Waals surface area contributed by atoms with E-state index in [9.17, 15) is 9.18 Å². The van der Waals surface area contributed by atoms with Gasteiger partial charge < -0.3 is 14.7 Å². The molecule has 0 aliphatic heterocycles. The smallest absolute Gasteiger partial charge is 0.263 e. The minimum absolute atomic E-state index is 0.0603. The number of aliphatic hydroxyl groups excluding tert-OH is 1. The Morgan fingerprint density at radius 2 is 2.30 bits per heavy atom. The molecule has 0 saturated heterocycles. The lowest BCUT2D eigenvalue weighted by molar-refractivity contribution is -0.139. The second-order valence-corrected chi connectivity index (χ2v) is 5.68. The van der Waals surface area contributed by atoms with Gasteiger partial charge >= 0.3 is 0 Å². The number of hydrogen-bond donors (Lipinski definition) is 1. The maximum Gasteiger partial charge on any atom is 0.263 e. The molecule has 1 aromatic carbocycles. The van der Waals surface area contributed by atoms with Crippen LogP contribution in [0.1, 0.15) is 19.8 Å². The van der Waals surface area contributed by atoms with Gasteiger partial charge in [0, 0.05) is 12.6 Å². The fraction of sp³-hybridized carbons (Fsp3) is 0.500. The van der Waals surface area contributed by atoms with Crippen LogP contribution >= 0.6 is 15.9 Å². The molecule has 0 heterocycles. The number of nitrogens with zero attached hydrogens (tertiary/aromatic N) is 1. The summed E-state index contributed by atoms with van der Waals surface area (Å²) in [6.45, 7) is 1.92. The van der Waals surface area contributed by atoms with E-state index in [1.54, 1.807) is 11.8 Å². The number of halogens is 2. The minimum atomic E-state index is -0.677. The Hall–Kier alpha value is -1.14. The summed E-state index contributed by atoms with van der Waals surface area (Å²) in [7, 11) is 0. The normalized spacial score (nSPS) is 15.8. The summed E-state index contributed by atoms with van der Waals surface area (Å²) in [5.74, 6) is -0.104. The Morgan fingerprint density at radius 1 is 1.60 bits per heavy atom. The molecule has 1 amide bonds. The van der Waals surface area contributed by atoms with Crippen LogP contribution in [0.15, 0.2) is 22.7 Å². The SMILES string of the molecule is CC(Oc1ccc(F)cc1Br)C(=O)N(CCO)C1CC1. The molecule has 6 heteroatoms. The van der Waals surface area contributed by atoms with Crippen molar-refractivity contribution in [2.24, 2.45) is 0 Å². The van der Waals surface area contributed by atoms with Crippen LogP contribution in [0.25, 0.3) is 0 Å². The molecule has 1 aliphatic carbocycles. The van der Waals surface area contributed by atoms with Gasteiger partial charge in [-0.2, -0.15) is 0 Å². The van der Waals surface area contributed by atoms with Crippen LogP contribution in [0.3, 0.4) is 0 Å². The molecule has 1 aliphatic rings. The van der Waals surface area contributed by atoms with Gasteiger partial charge in [-0.15, -0.1) is 0 Å². The van der Waals surface area contributed by atoms with Crippen LogP contribution in [-0.2, 0) is 4.79 Å². The molecular weight excluding hydrogens is 329 g/mol. The van der Waals surface area contributed by atoms with E-state index in [1.165, 1.54) is 18.2 Å². The molecule has 1 N–H and O–H groups in total. The molecule has 1 aromatic rings. The highest BCUT2D eigenvalue weighted by Crippen LogP contribution is 2.29. The largest absolute Gasteiger partial charge is 0.480 e. The molecule has 0 radical (unpaired) electrons. The predicted molar refractivity (Wildman–Crippen MR) is 76.0 cm³/mol. The van der Waals surface area contributed by atoms with E-state index in [1.807, 2.05) is 0 Å². The van der Waals surface area contributed by atoms with Gasteiger partial charge in [-0.05, 0) is 53.9 Å². The number of carbonyl (C=O) groups excluding carboxylic acids is 1. The van der Waals surface area contributed by atoms with E-state index < -0.39 is 6.10 Å². The summed E-state index contributed by atoms with van der Waals surface area (Å²) in [6, 6.07) is 4.27. The minimum Gasteiger partial charge on any atom is -0.480 e. The Morgan fingerprint density at radius 3 is 2.85 bits per heavy atom. The Bertz CT molecular complexity index is 493. The van der Waals surface area contributed by atoms with Crippen molar-refractivity contribution in [2.45, 2.75) is 31.9 Å². The topological polar surface area (TPSA) is 49.8 Å². The molecule has 1 saturated carbocycles. The molecule has 0 spiro atoms. The monoisotopic (exact) mass is 345 g/mol. The first-order chi connectivity index (χ1) is 9.52. The number of ether oxygens (including phenoxy) is 1. The summed E-state index contributed by atoms with van der Waals surface area (Å²) < 4.78 is 19.0. The number of aliphatic hydroxyl groups is 1. The third-order valence-electron chi connectivity index (χ3n) is 3.16. The Labute approximate surface area is 125 Å². The summed E-state index contributed by atoms with van der Waals surface area (Å²) in [6.07, 6.45) is 1.26. The van der Waals surface area contributed by atoms with Gasteiger partial charge in [-0.1, -0.05) is 0 Å². The molecular formula is C14H17BrFNO3. The van der Waals surface area contributed by atoms with Crippen molar-refractivity contribution in [3.8, 4) is 5.75 Å². The van der Waals surface area contributed by atoms with Crippen LogP contribution < -0.4 is 4.74 Å². The fourth-order valence-corrected chi connectivity index (χ4v) is 2.46. The van der Waals surface area contributed by atoms with Crippen molar-refractivity contribution < 1.29 is 19.0 Å². The van der Waals surface area contributed by atoms with E-state index in [2.05, 4.69) is 15.9 Å². The molecule has 1 fully saturated rings. The lowest BCUT2D eigenvalue weighted by Crippen LogP contribution is -2.43. The van der Waals surface area contributed by atoms with Gasteiger partial charge in [0.05, 0.1) is 11.1 Å². The van der Waals surface area contributed by atoms with Crippen molar-refractivity contribution in [3.63, 3.8) is 0 Å². The zero-order chi connectivity index (χ0) is 14.7. The van der Waals surface area contributed by atoms with Gasteiger partial charge in [0.15, 0.2) is 6.10 Å². The van der Waals surface area contributed by atoms with Crippen LogP contribution in [-0.4, -0.2) is 41.2 Å². The zero-order valence-electron chi connectivity index (χ0n) is 11.2.